The highest BCUT2D eigenvalue weighted by molar-refractivity contribution is 5.78. The molecule has 1 aromatic carbocycles. The lowest BCUT2D eigenvalue weighted by Gasteiger charge is -2.16. The van der Waals surface area contributed by atoms with Crippen molar-refractivity contribution in [2.24, 2.45) is 0 Å². The number of nitrogens with zero attached hydrogens (tertiary/aromatic N) is 2. The van der Waals surface area contributed by atoms with Gasteiger partial charge in [-0.2, -0.15) is 0 Å². The number of carbonyl (C=O) groups is 1. The van der Waals surface area contributed by atoms with Crippen molar-refractivity contribution in [1.29, 1.82) is 0 Å². The molecule has 0 N–H and O–H groups in total. The summed E-state index contributed by atoms with van der Waals surface area (Å²) in [5, 5.41) is 0. The molecule has 0 radical (unpaired) electrons. The van der Waals surface area contributed by atoms with Crippen molar-refractivity contribution in [3.05, 3.63) is 60.0 Å². The van der Waals surface area contributed by atoms with Gasteiger partial charge in [0.15, 0.2) is 0 Å². The van der Waals surface area contributed by atoms with Gasteiger partial charge in [0.2, 0.25) is 0 Å². The Labute approximate surface area is 132 Å². The second-order valence-corrected chi connectivity index (χ2v) is 5.49. The molecule has 1 saturated heterocycles. The van der Waals surface area contributed by atoms with Crippen LogP contribution in [0.25, 0.3) is 0 Å². The molecule has 1 atom stereocenters. The molecule has 2 amide bonds. The molecule has 0 aromatic heterocycles. The topological polar surface area (TPSA) is 32.8 Å². The number of allylic oxidation sites excluding steroid dienone is 1. The number of methoxy groups -OCH3 is 1. The van der Waals surface area contributed by atoms with Crippen molar-refractivity contribution in [2.45, 2.75) is 26.4 Å². The van der Waals surface area contributed by atoms with Gasteiger partial charge in [-0.05, 0) is 37.1 Å². The molecule has 0 unspecified atom stereocenters. The number of ether oxygens (including phenoxy) is 1. The number of hydrogen-bond acceptors (Lipinski definition) is 2. The molecule has 2 rings (SSSR count). The normalized spacial score (nSPS) is 17.2. The summed E-state index contributed by atoms with van der Waals surface area (Å²) in [7, 11) is 1.64. The van der Waals surface area contributed by atoms with E-state index in [0.717, 1.165) is 16.9 Å². The summed E-state index contributed by atoms with van der Waals surface area (Å²) in [6, 6.07) is 7.73. The van der Waals surface area contributed by atoms with Gasteiger partial charge >= 0.3 is 6.03 Å². The lowest BCUT2D eigenvalue weighted by atomic mass is 10.2. The summed E-state index contributed by atoms with van der Waals surface area (Å²) in [5.74, 6) is 0.814. The van der Waals surface area contributed by atoms with Crippen LogP contribution in [0.1, 0.15) is 19.4 Å². The summed E-state index contributed by atoms with van der Waals surface area (Å²) in [4.78, 5) is 16.0. The van der Waals surface area contributed by atoms with Crippen LogP contribution >= 0.6 is 0 Å². The maximum Gasteiger partial charge on any atom is 0.325 e. The van der Waals surface area contributed by atoms with Crippen molar-refractivity contribution in [2.75, 3.05) is 13.7 Å². The van der Waals surface area contributed by atoms with Crippen LogP contribution in [0.2, 0.25) is 0 Å². The van der Waals surface area contributed by atoms with E-state index in [4.69, 9.17) is 4.74 Å². The number of amides is 2. The lowest BCUT2D eigenvalue weighted by molar-refractivity contribution is 0.199. The quantitative estimate of drug-likeness (QED) is 0.615. The Morgan fingerprint density at radius 2 is 2.09 bits per heavy atom. The molecular weight excluding hydrogens is 276 g/mol. The zero-order valence-corrected chi connectivity index (χ0v) is 13.4. The molecule has 4 heteroatoms. The summed E-state index contributed by atoms with van der Waals surface area (Å²) >= 11 is 0. The summed E-state index contributed by atoms with van der Waals surface area (Å²) in [6.45, 7) is 8.94. The van der Waals surface area contributed by atoms with Crippen molar-refractivity contribution < 1.29 is 9.53 Å². The first-order chi connectivity index (χ1) is 10.5. The molecule has 1 fully saturated rings. The van der Waals surface area contributed by atoms with Crippen LogP contribution < -0.4 is 4.74 Å². The van der Waals surface area contributed by atoms with Gasteiger partial charge in [-0.15, -0.1) is 12.3 Å². The maximum absolute atomic E-state index is 12.5. The standard InChI is InChI=1S/C18H22N2O2/c1-5-16-13-19(18(21)20(16)11-10-14(2)3)12-15-6-8-17(22-4)9-7-15/h5-9,11,16H,1,12-13H2,2-4H3/t16-/m1/s1. The number of hydrogen-bond donors (Lipinski definition) is 0. The van der Waals surface area contributed by atoms with Gasteiger partial charge in [-0.3, -0.25) is 4.90 Å². The molecule has 4 nitrogen and oxygen atoms in total. The summed E-state index contributed by atoms with van der Waals surface area (Å²) < 4.78 is 5.15. The average molecular weight is 298 g/mol. The van der Waals surface area contributed by atoms with Gasteiger partial charge in [-0.25, -0.2) is 4.79 Å². The highest BCUT2D eigenvalue weighted by Crippen LogP contribution is 2.21. The first kappa shape index (κ1) is 15.9. The molecule has 1 aromatic rings. The van der Waals surface area contributed by atoms with Gasteiger partial charge in [-0.1, -0.05) is 18.2 Å². The molecule has 0 spiro atoms. The SMILES string of the molecule is C=C[C@@H]1CN(Cc2ccc(OC)cc2)C(=O)N1C=C=C(C)C. The van der Waals surface area contributed by atoms with E-state index in [1.807, 2.05) is 43.0 Å². The van der Waals surface area contributed by atoms with Crippen LogP contribution in [0.5, 0.6) is 5.75 Å². The summed E-state index contributed by atoms with van der Waals surface area (Å²) in [6.07, 6.45) is 3.52. The first-order valence-electron chi connectivity index (χ1n) is 7.28. The second-order valence-electron chi connectivity index (χ2n) is 5.49. The van der Waals surface area contributed by atoms with Crippen molar-refractivity contribution in [3.63, 3.8) is 0 Å². The second kappa shape index (κ2) is 7.01. The number of rotatable bonds is 5. The Bertz CT molecular complexity index is 608. The van der Waals surface area contributed by atoms with Crippen molar-refractivity contribution >= 4 is 6.03 Å². The van der Waals surface area contributed by atoms with Gasteiger partial charge in [0.25, 0.3) is 0 Å². The molecule has 0 saturated carbocycles. The molecule has 22 heavy (non-hydrogen) atoms. The van der Waals surface area contributed by atoms with E-state index in [-0.39, 0.29) is 12.1 Å². The molecule has 1 heterocycles. The van der Waals surface area contributed by atoms with Crippen LogP contribution in [0.15, 0.2) is 54.4 Å². The van der Waals surface area contributed by atoms with E-state index in [9.17, 15) is 4.79 Å². The van der Waals surface area contributed by atoms with Crippen molar-refractivity contribution in [3.8, 4) is 5.75 Å². The fourth-order valence-electron chi connectivity index (χ4n) is 2.32. The molecule has 1 aliphatic rings. The van der Waals surface area contributed by atoms with Crippen LogP contribution in [-0.2, 0) is 6.54 Å². The van der Waals surface area contributed by atoms with E-state index < -0.39 is 0 Å². The average Bonchev–Trinajstić information content (AvgIpc) is 2.81. The smallest absolute Gasteiger partial charge is 0.325 e. The first-order valence-corrected chi connectivity index (χ1v) is 7.28. The lowest BCUT2D eigenvalue weighted by Crippen LogP contribution is -2.29. The maximum atomic E-state index is 12.5. The Morgan fingerprint density at radius 3 is 2.64 bits per heavy atom. The van der Waals surface area contributed by atoms with Crippen LogP contribution in [0.4, 0.5) is 4.79 Å². The minimum absolute atomic E-state index is 0.0161. The third kappa shape index (κ3) is 3.60. The minimum Gasteiger partial charge on any atom is -0.497 e. The predicted molar refractivity (Wildman–Crippen MR) is 87.6 cm³/mol. The fraction of sp³-hybridized carbons (Fsp3) is 0.333. The molecule has 0 bridgehead atoms. The highest BCUT2D eigenvalue weighted by Gasteiger charge is 2.34. The Kier molecular flexibility index (Phi) is 5.08. The van der Waals surface area contributed by atoms with Crippen LogP contribution in [-0.4, -0.2) is 35.5 Å². The van der Waals surface area contributed by atoms with E-state index in [1.54, 1.807) is 24.3 Å². The van der Waals surface area contributed by atoms with Gasteiger partial charge < -0.3 is 9.64 Å². The van der Waals surface area contributed by atoms with E-state index >= 15 is 0 Å². The van der Waals surface area contributed by atoms with E-state index in [2.05, 4.69) is 12.3 Å². The van der Waals surface area contributed by atoms with E-state index in [1.165, 1.54) is 0 Å². The number of carbonyl (C=O) groups excluding carboxylic acids is 1. The molecule has 1 aliphatic heterocycles. The third-order valence-electron chi connectivity index (χ3n) is 3.55. The predicted octanol–water partition coefficient (Wildman–Crippen LogP) is 3.57. The number of urea groups is 1. The zero-order chi connectivity index (χ0) is 16.1. The Balaban J connectivity index is 2.13. The largest absolute Gasteiger partial charge is 0.497 e. The van der Waals surface area contributed by atoms with Gasteiger partial charge in [0, 0.05) is 13.1 Å². The molecular formula is C18H22N2O2. The van der Waals surface area contributed by atoms with Gasteiger partial charge in [0.05, 0.1) is 19.4 Å². The zero-order valence-electron chi connectivity index (χ0n) is 13.4. The molecule has 116 valence electrons. The summed E-state index contributed by atoms with van der Waals surface area (Å²) in [5.41, 5.74) is 5.19. The van der Waals surface area contributed by atoms with Gasteiger partial charge in [0.1, 0.15) is 5.75 Å². The molecule has 0 aliphatic carbocycles. The number of benzene rings is 1. The monoisotopic (exact) mass is 298 g/mol. The fourth-order valence-corrected chi connectivity index (χ4v) is 2.32. The third-order valence-corrected chi connectivity index (χ3v) is 3.55. The Hall–Kier alpha value is -2.45. The van der Waals surface area contributed by atoms with Crippen LogP contribution in [0, 0.1) is 0 Å². The van der Waals surface area contributed by atoms with Crippen molar-refractivity contribution in [1.82, 2.24) is 9.80 Å². The minimum atomic E-state index is -0.0190. The van der Waals surface area contributed by atoms with E-state index in [0.29, 0.717) is 13.1 Å². The highest BCUT2D eigenvalue weighted by atomic mass is 16.5. The van der Waals surface area contributed by atoms with Crippen LogP contribution in [0.3, 0.4) is 0 Å². The Morgan fingerprint density at radius 1 is 1.41 bits per heavy atom.